The molecule has 0 spiro atoms. The lowest BCUT2D eigenvalue weighted by Gasteiger charge is -2.15. The molecule has 2 heterocycles. The minimum atomic E-state index is -0.693. The van der Waals surface area contributed by atoms with Crippen LogP contribution in [0.25, 0.3) is 10.9 Å². The summed E-state index contributed by atoms with van der Waals surface area (Å²) in [6.45, 7) is 2.71. The first-order valence-corrected chi connectivity index (χ1v) is 8.06. The maximum atomic E-state index is 13.7. The van der Waals surface area contributed by atoms with Gasteiger partial charge < -0.3 is 14.2 Å². The molecule has 2 unspecified atom stereocenters. The monoisotopic (exact) mass is 333 g/mol. The minimum Gasteiger partial charge on any atom is -0.459 e. The molecule has 3 rings (SSSR count). The number of carbonyl (C=O) groups excluding carboxylic acids is 1. The van der Waals surface area contributed by atoms with Gasteiger partial charge in [-0.2, -0.15) is 0 Å². The van der Waals surface area contributed by atoms with Crippen molar-refractivity contribution in [2.45, 2.75) is 38.6 Å². The average Bonchev–Trinajstić information content (AvgIpc) is 3.10. The van der Waals surface area contributed by atoms with Crippen molar-refractivity contribution in [2.75, 3.05) is 13.2 Å². The van der Waals surface area contributed by atoms with E-state index < -0.39 is 12.1 Å². The van der Waals surface area contributed by atoms with Crippen LogP contribution in [0.3, 0.4) is 0 Å². The SMILES string of the molecule is CC(OCC1CCCO1)C(=O)OCc1cc(F)cc2cccnc12. The first-order chi connectivity index (χ1) is 11.6. The van der Waals surface area contributed by atoms with E-state index in [1.165, 1.54) is 12.1 Å². The molecular weight excluding hydrogens is 313 g/mol. The fraction of sp³-hybridized carbons (Fsp3) is 0.444. The van der Waals surface area contributed by atoms with Gasteiger partial charge in [0.1, 0.15) is 12.4 Å². The Bertz CT molecular complexity index is 715. The zero-order chi connectivity index (χ0) is 16.9. The number of esters is 1. The number of nitrogens with zero attached hydrogens (tertiary/aromatic N) is 1. The second-order valence-corrected chi connectivity index (χ2v) is 5.86. The molecule has 0 aliphatic carbocycles. The summed E-state index contributed by atoms with van der Waals surface area (Å²) in [6, 6.07) is 6.24. The van der Waals surface area contributed by atoms with Gasteiger partial charge in [-0.05, 0) is 38.0 Å². The Kier molecular flexibility index (Phi) is 5.37. The number of ether oxygens (including phenoxy) is 3. The topological polar surface area (TPSA) is 57.7 Å². The van der Waals surface area contributed by atoms with Crippen LogP contribution in [0.15, 0.2) is 30.5 Å². The number of fused-ring (bicyclic) bond motifs is 1. The van der Waals surface area contributed by atoms with Gasteiger partial charge in [0.2, 0.25) is 0 Å². The lowest BCUT2D eigenvalue weighted by Crippen LogP contribution is -2.27. The molecule has 24 heavy (non-hydrogen) atoms. The average molecular weight is 333 g/mol. The van der Waals surface area contributed by atoms with Crippen molar-refractivity contribution in [3.8, 4) is 0 Å². The Labute approximate surface area is 139 Å². The van der Waals surface area contributed by atoms with Gasteiger partial charge in [-0.1, -0.05) is 6.07 Å². The summed E-state index contributed by atoms with van der Waals surface area (Å²) in [6.07, 6.45) is 2.95. The Hall–Kier alpha value is -2.05. The summed E-state index contributed by atoms with van der Waals surface area (Å²) in [4.78, 5) is 16.3. The van der Waals surface area contributed by atoms with Crippen LogP contribution in [0.1, 0.15) is 25.3 Å². The van der Waals surface area contributed by atoms with Gasteiger partial charge >= 0.3 is 5.97 Å². The number of halogens is 1. The van der Waals surface area contributed by atoms with Crippen molar-refractivity contribution in [1.29, 1.82) is 0 Å². The van der Waals surface area contributed by atoms with E-state index in [2.05, 4.69) is 4.98 Å². The van der Waals surface area contributed by atoms with Gasteiger partial charge in [-0.15, -0.1) is 0 Å². The van der Waals surface area contributed by atoms with Crippen molar-refractivity contribution < 1.29 is 23.4 Å². The molecule has 1 saturated heterocycles. The third kappa shape index (κ3) is 4.07. The maximum absolute atomic E-state index is 13.7. The van der Waals surface area contributed by atoms with Crippen LogP contribution < -0.4 is 0 Å². The van der Waals surface area contributed by atoms with Crippen molar-refractivity contribution >= 4 is 16.9 Å². The van der Waals surface area contributed by atoms with Gasteiger partial charge in [-0.3, -0.25) is 4.98 Å². The molecule has 1 aromatic heterocycles. The lowest BCUT2D eigenvalue weighted by atomic mass is 10.1. The maximum Gasteiger partial charge on any atom is 0.335 e. The highest BCUT2D eigenvalue weighted by atomic mass is 19.1. The van der Waals surface area contributed by atoms with Crippen LogP contribution in [0.4, 0.5) is 4.39 Å². The zero-order valence-electron chi connectivity index (χ0n) is 13.5. The molecule has 6 heteroatoms. The number of pyridine rings is 1. The third-order valence-electron chi connectivity index (χ3n) is 4.01. The van der Waals surface area contributed by atoms with E-state index in [0.29, 0.717) is 23.1 Å². The summed E-state index contributed by atoms with van der Waals surface area (Å²) in [5, 5.41) is 0.672. The standard InChI is InChI=1S/C18H20FNO4/c1-12(23-11-16-5-3-7-22-16)18(21)24-10-14-9-15(19)8-13-4-2-6-20-17(13)14/h2,4,6,8-9,12,16H,3,5,7,10-11H2,1H3. The first kappa shape index (κ1) is 16.8. The molecule has 0 radical (unpaired) electrons. The van der Waals surface area contributed by atoms with E-state index in [1.807, 2.05) is 0 Å². The largest absolute Gasteiger partial charge is 0.459 e. The highest BCUT2D eigenvalue weighted by Crippen LogP contribution is 2.19. The molecule has 0 saturated carbocycles. The number of hydrogen-bond donors (Lipinski definition) is 0. The molecule has 128 valence electrons. The lowest BCUT2D eigenvalue weighted by molar-refractivity contribution is -0.159. The molecule has 0 N–H and O–H groups in total. The molecule has 1 aliphatic rings. The molecule has 2 atom stereocenters. The van der Waals surface area contributed by atoms with Crippen molar-refractivity contribution in [3.05, 3.63) is 41.8 Å². The van der Waals surface area contributed by atoms with Crippen LogP contribution in [0, 0.1) is 5.82 Å². The molecule has 5 nitrogen and oxygen atoms in total. The quantitative estimate of drug-likeness (QED) is 0.761. The Morgan fingerprint density at radius 1 is 1.50 bits per heavy atom. The molecule has 1 fully saturated rings. The summed E-state index contributed by atoms with van der Waals surface area (Å²) < 4.78 is 29.9. The fourth-order valence-corrected chi connectivity index (χ4v) is 2.70. The van der Waals surface area contributed by atoms with Gasteiger partial charge in [0.25, 0.3) is 0 Å². The van der Waals surface area contributed by atoms with Crippen LogP contribution in [-0.4, -0.2) is 36.4 Å². The number of benzene rings is 1. The highest BCUT2D eigenvalue weighted by molar-refractivity contribution is 5.82. The number of rotatable bonds is 6. The van der Waals surface area contributed by atoms with E-state index in [-0.39, 0.29) is 18.5 Å². The third-order valence-corrected chi connectivity index (χ3v) is 4.01. The van der Waals surface area contributed by atoms with Gasteiger partial charge in [0.15, 0.2) is 6.10 Å². The summed E-state index contributed by atoms with van der Waals surface area (Å²) in [7, 11) is 0. The van der Waals surface area contributed by atoms with Gasteiger partial charge in [0, 0.05) is 23.8 Å². The first-order valence-electron chi connectivity index (χ1n) is 8.06. The van der Waals surface area contributed by atoms with Crippen LogP contribution in [0.2, 0.25) is 0 Å². The van der Waals surface area contributed by atoms with Gasteiger partial charge in [-0.25, -0.2) is 9.18 Å². The van der Waals surface area contributed by atoms with Crippen LogP contribution in [-0.2, 0) is 25.6 Å². The number of hydrogen-bond acceptors (Lipinski definition) is 5. The van der Waals surface area contributed by atoms with Gasteiger partial charge in [0.05, 0.1) is 18.2 Å². The molecule has 2 aromatic rings. The highest BCUT2D eigenvalue weighted by Gasteiger charge is 2.21. The number of carbonyl (C=O) groups is 1. The van der Waals surface area contributed by atoms with Crippen molar-refractivity contribution in [3.63, 3.8) is 0 Å². The molecular formula is C18H20FNO4. The summed E-state index contributed by atoms with van der Waals surface area (Å²) >= 11 is 0. The van der Waals surface area contributed by atoms with Crippen LogP contribution in [0.5, 0.6) is 0 Å². The zero-order valence-corrected chi connectivity index (χ0v) is 13.5. The molecule has 0 amide bonds. The predicted octanol–water partition coefficient (Wildman–Crippen LogP) is 3.00. The van der Waals surface area contributed by atoms with E-state index in [4.69, 9.17) is 14.2 Å². The Morgan fingerprint density at radius 3 is 3.17 bits per heavy atom. The predicted molar refractivity (Wildman–Crippen MR) is 85.9 cm³/mol. The number of aromatic nitrogens is 1. The fourth-order valence-electron chi connectivity index (χ4n) is 2.70. The molecule has 1 aliphatic heterocycles. The normalized spacial score (nSPS) is 18.7. The second-order valence-electron chi connectivity index (χ2n) is 5.86. The summed E-state index contributed by atoms with van der Waals surface area (Å²) in [5.74, 6) is -0.870. The van der Waals surface area contributed by atoms with Crippen molar-refractivity contribution in [2.24, 2.45) is 0 Å². The second kappa shape index (κ2) is 7.68. The van der Waals surface area contributed by atoms with Crippen molar-refractivity contribution in [1.82, 2.24) is 4.98 Å². The van der Waals surface area contributed by atoms with E-state index in [0.717, 1.165) is 19.4 Å². The molecule has 0 bridgehead atoms. The Balaban J connectivity index is 1.57. The van der Waals surface area contributed by atoms with E-state index in [9.17, 15) is 9.18 Å². The molecule has 1 aromatic carbocycles. The summed E-state index contributed by atoms with van der Waals surface area (Å²) in [5.41, 5.74) is 1.16. The minimum absolute atomic E-state index is 0.0439. The van der Waals surface area contributed by atoms with E-state index in [1.54, 1.807) is 25.3 Å². The Morgan fingerprint density at radius 2 is 2.38 bits per heavy atom. The van der Waals surface area contributed by atoms with Crippen LogP contribution >= 0.6 is 0 Å². The van der Waals surface area contributed by atoms with E-state index >= 15 is 0 Å². The smallest absolute Gasteiger partial charge is 0.335 e.